The number of hydrogen-bond donors (Lipinski definition) is 1. The second-order valence-corrected chi connectivity index (χ2v) is 3.88. The van der Waals surface area contributed by atoms with E-state index < -0.39 is 35.8 Å². The van der Waals surface area contributed by atoms with Gasteiger partial charge in [0.15, 0.2) is 0 Å². The molecule has 4 atom stereocenters. The molecule has 0 aliphatic heterocycles. The first kappa shape index (κ1) is 9.55. The lowest BCUT2D eigenvalue weighted by Gasteiger charge is -2.26. The minimum absolute atomic E-state index is 0.334. The van der Waals surface area contributed by atoms with Crippen molar-refractivity contribution >= 4 is 5.97 Å². The van der Waals surface area contributed by atoms with E-state index in [9.17, 15) is 18.0 Å². The van der Waals surface area contributed by atoms with Gasteiger partial charge in [-0.1, -0.05) is 12.2 Å². The van der Waals surface area contributed by atoms with Crippen molar-refractivity contribution < 1.29 is 23.1 Å². The summed E-state index contributed by atoms with van der Waals surface area (Å²) in [6, 6.07) is 0. The monoisotopic (exact) mass is 206 g/mol. The van der Waals surface area contributed by atoms with Gasteiger partial charge in [0.25, 0.3) is 0 Å². The highest BCUT2D eigenvalue weighted by Crippen LogP contribution is 2.54. The molecule has 0 radical (unpaired) electrons. The van der Waals surface area contributed by atoms with Gasteiger partial charge in [-0.05, 0) is 18.3 Å². The fraction of sp³-hybridized carbons (Fsp3) is 0.667. The summed E-state index contributed by atoms with van der Waals surface area (Å²) < 4.78 is 37.6. The van der Waals surface area contributed by atoms with E-state index in [1.165, 1.54) is 6.08 Å². The lowest BCUT2D eigenvalue weighted by atomic mass is 9.82. The van der Waals surface area contributed by atoms with Crippen LogP contribution in [0.5, 0.6) is 0 Å². The number of carbonyl (C=O) groups is 1. The summed E-state index contributed by atoms with van der Waals surface area (Å²) in [5.74, 6) is -5.34. The van der Waals surface area contributed by atoms with Gasteiger partial charge in [-0.15, -0.1) is 0 Å². The van der Waals surface area contributed by atoms with Gasteiger partial charge in [0.1, 0.15) is 0 Å². The zero-order valence-corrected chi connectivity index (χ0v) is 7.16. The van der Waals surface area contributed by atoms with Crippen LogP contribution in [0.2, 0.25) is 0 Å². The predicted molar refractivity (Wildman–Crippen MR) is 41.4 cm³/mol. The van der Waals surface area contributed by atoms with E-state index in [1.54, 1.807) is 6.08 Å². The van der Waals surface area contributed by atoms with Gasteiger partial charge in [-0.2, -0.15) is 13.2 Å². The highest BCUT2D eigenvalue weighted by atomic mass is 19.4. The highest BCUT2D eigenvalue weighted by molar-refractivity contribution is 5.72. The van der Waals surface area contributed by atoms with Gasteiger partial charge >= 0.3 is 12.1 Å². The Morgan fingerprint density at radius 2 is 1.86 bits per heavy atom. The maximum Gasteiger partial charge on any atom is 0.393 e. The van der Waals surface area contributed by atoms with E-state index in [2.05, 4.69) is 0 Å². The van der Waals surface area contributed by atoms with E-state index in [-0.39, 0.29) is 0 Å². The Labute approximate surface area is 78.4 Å². The van der Waals surface area contributed by atoms with Crippen molar-refractivity contribution in [2.45, 2.75) is 12.6 Å². The van der Waals surface area contributed by atoms with Gasteiger partial charge in [-0.25, -0.2) is 0 Å². The van der Waals surface area contributed by atoms with Crippen molar-refractivity contribution in [2.75, 3.05) is 0 Å². The highest BCUT2D eigenvalue weighted by Gasteiger charge is 2.59. The molecule has 0 spiro atoms. The van der Waals surface area contributed by atoms with Crippen molar-refractivity contribution in [2.24, 2.45) is 23.7 Å². The number of rotatable bonds is 1. The lowest BCUT2D eigenvalue weighted by Crippen LogP contribution is -2.37. The van der Waals surface area contributed by atoms with Crippen molar-refractivity contribution in [3.8, 4) is 0 Å². The van der Waals surface area contributed by atoms with Crippen molar-refractivity contribution in [3.05, 3.63) is 12.2 Å². The average molecular weight is 206 g/mol. The topological polar surface area (TPSA) is 37.3 Å². The zero-order valence-electron chi connectivity index (χ0n) is 7.16. The maximum atomic E-state index is 12.5. The van der Waals surface area contributed by atoms with Crippen LogP contribution in [0.1, 0.15) is 6.42 Å². The van der Waals surface area contributed by atoms with E-state index >= 15 is 0 Å². The molecule has 14 heavy (non-hydrogen) atoms. The molecule has 0 saturated heterocycles. The summed E-state index contributed by atoms with van der Waals surface area (Å²) in [5, 5.41) is 8.74. The Bertz CT molecular complexity index is 295. The molecule has 2 nitrogen and oxygen atoms in total. The molecule has 0 aromatic rings. The molecule has 2 rings (SSSR count). The standard InChI is InChI=1S/C9H9F3O2/c10-9(11,12)7-5-2-1-4(3-5)6(7)8(13)14/h1-2,4-7H,3H2,(H,13,14)/t4-,5+,6-,7-/m0/s1. The Kier molecular flexibility index (Phi) is 1.87. The molecule has 0 amide bonds. The molecule has 1 saturated carbocycles. The smallest absolute Gasteiger partial charge is 0.393 e. The molecule has 0 aromatic carbocycles. The van der Waals surface area contributed by atoms with Crippen molar-refractivity contribution in [1.29, 1.82) is 0 Å². The second-order valence-electron chi connectivity index (χ2n) is 3.88. The van der Waals surface area contributed by atoms with Gasteiger partial charge in [0.05, 0.1) is 11.8 Å². The third-order valence-corrected chi connectivity index (χ3v) is 3.12. The average Bonchev–Trinajstić information content (AvgIpc) is 2.58. The zero-order chi connectivity index (χ0) is 10.5. The molecule has 0 heterocycles. The third kappa shape index (κ3) is 1.22. The Morgan fingerprint density at radius 3 is 2.29 bits per heavy atom. The number of hydrogen-bond acceptors (Lipinski definition) is 1. The van der Waals surface area contributed by atoms with Crippen LogP contribution in [0.25, 0.3) is 0 Å². The van der Waals surface area contributed by atoms with Crippen LogP contribution in [0.15, 0.2) is 12.2 Å². The molecular weight excluding hydrogens is 197 g/mol. The van der Waals surface area contributed by atoms with Crippen LogP contribution in [0, 0.1) is 23.7 Å². The quantitative estimate of drug-likeness (QED) is 0.667. The molecule has 1 N–H and O–H groups in total. The summed E-state index contributed by atoms with van der Waals surface area (Å²) in [7, 11) is 0. The first-order valence-electron chi connectivity index (χ1n) is 4.39. The largest absolute Gasteiger partial charge is 0.481 e. The van der Waals surface area contributed by atoms with Crippen LogP contribution < -0.4 is 0 Å². The second kappa shape index (κ2) is 2.74. The molecule has 2 bridgehead atoms. The van der Waals surface area contributed by atoms with Crippen LogP contribution in [0.4, 0.5) is 13.2 Å². The summed E-state index contributed by atoms with van der Waals surface area (Å²) in [6.45, 7) is 0. The number of fused-ring (bicyclic) bond motifs is 2. The van der Waals surface area contributed by atoms with Gasteiger partial charge in [0, 0.05) is 0 Å². The number of halogens is 3. The molecule has 2 aliphatic rings. The maximum absolute atomic E-state index is 12.5. The SMILES string of the molecule is O=C(O)[C@@H]1[C@@H](C(F)(F)F)[C@@H]2C=C[C@H]1C2. The summed E-state index contributed by atoms with van der Waals surface area (Å²) >= 11 is 0. The van der Waals surface area contributed by atoms with Crippen molar-refractivity contribution in [3.63, 3.8) is 0 Å². The third-order valence-electron chi connectivity index (χ3n) is 3.12. The van der Waals surface area contributed by atoms with Crippen LogP contribution in [0.3, 0.4) is 0 Å². The number of alkyl halides is 3. The molecule has 0 aromatic heterocycles. The summed E-state index contributed by atoms with van der Waals surface area (Å²) in [5.41, 5.74) is 0. The van der Waals surface area contributed by atoms with Crippen LogP contribution in [-0.2, 0) is 4.79 Å². The van der Waals surface area contributed by atoms with Crippen LogP contribution >= 0.6 is 0 Å². The molecule has 2 aliphatic carbocycles. The summed E-state index contributed by atoms with van der Waals surface area (Å²) in [6.07, 6.45) is -0.956. The van der Waals surface area contributed by atoms with Crippen LogP contribution in [-0.4, -0.2) is 17.3 Å². The number of aliphatic carboxylic acids is 1. The first-order valence-corrected chi connectivity index (χ1v) is 4.39. The van der Waals surface area contributed by atoms with E-state index in [1.807, 2.05) is 0 Å². The Balaban J connectivity index is 2.31. The number of allylic oxidation sites excluding steroid dienone is 2. The predicted octanol–water partition coefficient (Wildman–Crippen LogP) is 2.07. The molecule has 0 unspecified atom stereocenters. The fourth-order valence-electron chi connectivity index (χ4n) is 2.61. The minimum Gasteiger partial charge on any atom is -0.481 e. The number of carboxylic acids is 1. The number of carboxylic acid groups (broad SMARTS) is 1. The fourth-order valence-corrected chi connectivity index (χ4v) is 2.61. The summed E-state index contributed by atoms with van der Waals surface area (Å²) in [4.78, 5) is 10.7. The van der Waals surface area contributed by atoms with Crippen molar-refractivity contribution in [1.82, 2.24) is 0 Å². The van der Waals surface area contributed by atoms with E-state index in [0.717, 1.165) is 0 Å². The molecule has 78 valence electrons. The van der Waals surface area contributed by atoms with Gasteiger partial charge < -0.3 is 5.11 Å². The molecule has 5 heteroatoms. The normalized spacial score (nSPS) is 40.5. The minimum atomic E-state index is -4.40. The Hall–Kier alpha value is -1.00. The molecular formula is C9H9F3O2. The lowest BCUT2D eigenvalue weighted by molar-refractivity contribution is -0.199. The first-order chi connectivity index (χ1) is 6.41. The van der Waals surface area contributed by atoms with E-state index in [0.29, 0.717) is 6.42 Å². The van der Waals surface area contributed by atoms with Gasteiger partial charge in [-0.3, -0.25) is 4.79 Å². The molecule has 1 fully saturated rings. The Morgan fingerprint density at radius 1 is 1.29 bits per heavy atom. The van der Waals surface area contributed by atoms with Gasteiger partial charge in [0.2, 0.25) is 0 Å². The van der Waals surface area contributed by atoms with E-state index in [4.69, 9.17) is 5.11 Å².